The number of hydrogen-bond acceptors (Lipinski definition) is 7. The van der Waals surface area contributed by atoms with Crippen molar-refractivity contribution in [2.75, 3.05) is 0 Å². The largest absolute Gasteiger partial charge is 0.480 e. The van der Waals surface area contributed by atoms with Gasteiger partial charge in [-0.05, 0) is 41.5 Å². The lowest BCUT2D eigenvalue weighted by Gasteiger charge is -2.42. The zero-order chi connectivity index (χ0) is 22.5. The fraction of sp³-hybridized carbons (Fsp3) is 0.545. The van der Waals surface area contributed by atoms with Crippen LogP contribution in [0.5, 0.6) is 0 Å². The normalized spacial score (nSPS) is 35.8. The number of fused-ring (bicyclic) bond motifs is 9. The molecule has 168 valence electrons. The van der Waals surface area contributed by atoms with E-state index in [9.17, 15) is 24.3 Å². The van der Waals surface area contributed by atoms with E-state index in [0.29, 0.717) is 0 Å². The summed E-state index contributed by atoms with van der Waals surface area (Å²) in [5.41, 5.74) is 0. The summed E-state index contributed by atoms with van der Waals surface area (Å²) in [5.74, 6) is -2.78. The smallest absolute Gasteiger partial charge is 0.327 e. The summed E-state index contributed by atoms with van der Waals surface area (Å²) in [6, 6.07) is 2.97. The minimum absolute atomic E-state index is 0.0158. The zero-order valence-corrected chi connectivity index (χ0v) is 19.8. The molecule has 2 N–H and O–H groups in total. The third-order valence-corrected chi connectivity index (χ3v) is 11.3. The number of rotatable bonds is 4. The Morgan fingerprint density at radius 3 is 2.53 bits per heavy atom. The van der Waals surface area contributed by atoms with Crippen LogP contribution in [-0.2, 0) is 14.4 Å². The van der Waals surface area contributed by atoms with Gasteiger partial charge >= 0.3 is 10.8 Å². The Morgan fingerprint density at radius 1 is 1.19 bits per heavy atom. The topological polar surface area (TPSA) is 108 Å². The number of thiazole rings is 1. The van der Waals surface area contributed by atoms with Crippen molar-refractivity contribution < 1.29 is 19.5 Å². The standard InChI is InChI=1S/C22H22N2O5S3/c1-7(2)15(21(27)28)24-19(25)12-8-6-9(13(12)20(24)26)16-11(8)14(10-4-3-5-30-10)17-18(31-16)23-22(29)32-17/h3-5,7-9,11-16H,6H2,1-2H3,(H,23,29)(H,27,28)/t8-,9+,11+,12-,13+,14+,15+,16-/m1/s1. The summed E-state index contributed by atoms with van der Waals surface area (Å²) >= 11 is 4.56. The molecule has 4 heterocycles. The molecule has 0 unspecified atom stereocenters. The highest BCUT2D eigenvalue weighted by Gasteiger charge is 2.70. The molecule has 2 aliphatic carbocycles. The molecule has 2 saturated carbocycles. The van der Waals surface area contributed by atoms with Gasteiger partial charge in [0.25, 0.3) is 0 Å². The Kier molecular flexibility index (Phi) is 4.55. The van der Waals surface area contributed by atoms with Crippen LogP contribution in [0.2, 0.25) is 0 Å². The third-order valence-electron chi connectivity index (χ3n) is 7.77. The number of hydrogen-bond donors (Lipinski definition) is 2. The first kappa shape index (κ1) is 20.7. The van der Waals surface area contributed by atoms with E-state index in [1.165, 1.54) is 16.2 Å². The minimum atomic E-state index is -1.13. The second-order valence-corrected chi connectivity index (χ2v) is 12.7. The van der Waals surface area contributed by atoms with Crippen LogP contribution in [-0.4, -0.2) is 44.1 Å². The summed E-state index contributed by atoms with van der Waals surface area (Å²) in [7, 11) is 0. The number of nitrogens with one attached hydrogen (secondary N) is 1. The Hall–Kier alpha value is -1.91. The van der Waals surface area contributed by atoms with E-state index >= 15 is 0 Å². The number of aliphatic carboxylic acids is 1. The van der Waals surface area contributed by atoms with Crippen LogP contribution >= 0.6 is 34.4 Å². The second-order valence-electron chi connectivity index (χ2n) is 9.55. The van der Waals surface area contributed by atoms with Gasteiger partial charge < -0.3 is 10.1 Å². The molecule has 1 saturated heterocycles. The number of likely N-dealkylation sites (tertiary alicyclic amines) is 1. The van der Waals surface area contributed by atoms with Gasteiger partial charge in [0, 0.05) is 20.9 Å². The molecule has 2 amide bonds. The SMILES string of the molecule is CC(C)[C@@H](C(=O)O)N1C(=O)[C@@H]2[C@@H]3C[C@H]([C@H]4Sc5[nH]c(=O)sc5[C@@H](c5cccs5)[C@H]34)[C@@H]2C1=O. The van der Waals surface area contributed by atoms with Crippen molar-refractivity contribution in [3.05, 3.63) is 36.9 Å². The van der Waals surface area contributed by atoms with E-state index in [1.807, 2.05) is 11.4 Å². The molecule has 2 aliphatic heterocycles. The number of amides is 2. The average molecular weight is 491 g/mol. The van der Waals surface area contributed by atoms with Crippen LogP contribution in [0.25, 0.3) is 0 Å². The molecule has 2 aromatic rings. The second kappa shape index (κ2) is 7.04. The Morgan fingerprint density at radius 2 is 1.91 bits per heavy atom. The van der Waals surface area contributed by atoms with E-state index < -0.39 is 23.8 Å². The molecule has 2 aromatic heterocycles. The maximum absolute atomic E-state index is 13.5. The fourth-order valence-corrected chi connectivity index (χ4v) is 10.6. The summed E-state index contributed by atoms with van der Waals surface area (Å²) in [6.07, 6.45) is 0.809. The van der Waals surface area contributed by atoms with E-state index in [0.717, 1.165) is 21.2 Å². The molecule has 32 heavy (non-hydrogen) atoms. The number of carbonyl (C=O) groups is 3. The Bertz CT molecular complexity index is 1180. The van der Waals surface area contributed by atoms with E-state index in [-0.39, 0.29) is 51.5 Å². The van der Waals surface area contributed by atoms with Gasteiger partial charge in [0.2, 0.25) is 11.8 Å². The maximum atomic E-state index is 13.5. The first-order valence-corrected chi connectivity index (χ1v) is 13.4. The maximum Gasteiger partial charge on any atom is 0.327 e. The van der Waals surface area contributed by atoms with Crippen molar-refractivity contribution in [3.8, 4) is 0 Å². The van der Waals surface area contributed by atoms with Gasteiger partial charge in [-0.1, -0.05) is 31.3 Å². The molecular formula is C22H22N2O5S3. The summed E-state index contributed by atoms with van der Waals surface area (Å²) < 4.78 is 0. The molecule has 3 fully saturated rings. The number of thioether (sulfide) groups is 1. The average Bonchev–Trinajstić information content (AvgIpc) is 3.51. The van der Waals surface area contributed by atoms with E-state index in [1.54, 1.807) is 36.9 Å². The number of imide groups is 1. The number of thiophene rings is 1. The molecule has 0 aromatic carbocycles. The predicted molar refractivity (Wildman–Crippen MR) is 121 cm³/mol. The summed E-state index contributed by atoms with van der Waals surface area (Å²) in [6.45, 7) is 3.47. The van der Waals surface area contributed by atoms with Gasteiger partial charge in [0.1, 0.15) is 6.04 Å². The van der Waals surface area contributed by atoms with Gasteiger partial charge in [-0.2, -0.15) is 0 Å². The van der Waals surface area contributed by atoms with Crippen molar-refractivity contribution in [1.29, 1.82) is 0 Å². The van der Waals surface area contributed by atoms with Crippen LogP contribution in [0.3, 0.4) is 0 Å². The number of aromatic nitrogens is 1. The van der Waals surface area contributed by atoms with Gasteiger partial charge in [-0.15, -0.1) is 23.1 Å². The minimum Gasteiger partial charge on any atom is -0.480 e. The monoisotopic (exact) mass is 490 g/mol. The third kappa shape index (κ3) is 2.60. The van der Waals surface area contributed by atoms with Gasteiger partial charge in [-0.3, -0.25) is 19.3 Å². The lowest BCUT2D eigenvalue weighted by Crippen LogP contribution is -2.49. The highest BCUT2D eigenvalue weighted by molar-refractivity contribution is 8.00. The number of carboxylic acid groups (broad SMARTS) is 1. The lowest BCUT2D eigenvalue weighted by atomic mass is 9.69. The van der Waals surface area contributed by atoms with Crippen molar-refractivity contribution in [3.63, 3.8) is 0 Å². The van der Waals surface area contributed by atoms with Gasteiger partial charge in [0.15, 0.2) is 0 Å². The van der Waals surface area contributed by atoms with Crippen molar-refractivity contribution in [2.45, 2.75) is 42.5 Å². The molecule has 0 radical (unpaired) electrons. The van der Waals surface area contributed by atoms with Crippen molar-refractivity contribution in [1.82, 2.24) is 9.88 Å². The Balaban J connectivity index is 1.43. The number of aromatic amines is 1. The highest BCUT2D eigenvalue weighted by Crippen LogP contribution is 2.68. The van der Waals surface area contributed by atoms with Crippen LogP contribution in [0.4, 0.5) is 0 Å². The quantitative estimate of drug-likeness (QED) is 0.638. The molecule has 4 aliphatic rings. The number of nitrogens with zero attached hydrogens (tertiary/aromatic N) is 1. The van der Waals surface area contributed by atoms with Crippen molar-refractivity contribution in [2.24, 2.45) is 35.5 Å². The Labute approximate surface area is 196 Å². The van der Waals surface area contributed by atoms with Crippen LogP contribution in [0.15, 0.2) is 27.3 Å². The molecule has 0 spiro atoms. The first-order chi connectivity index (χ1) is 15.3. The van der Waals surface area contributed by atoms with Crippen LogP contribution in [0, 0.1) is 35.5 Å². The first-order valence-electron chi connectivity index (χ1n) is 10.8. The summed E-state index contributed by atoms with van der Waals surface area (Å²) in [4.78, 5) is 57.3. The zero-order valence-electron chi connectivity index (χ0n) is 17.4. The molecule has 8 atom stereocenters. The number of H-pyrrole nitrogens is 1. The van der Waals surface area contributed by atoms with Gasteiger partial charge in [-0.25, -0.2) is 4.79 Å². The van der Waals surface area contributed by atoms with E-state index in [2.05, 4.69) is 11.1 Å². The lowest BCUT2D eigenvalue weighted by molar-refractivity contribution is -0.157. The molecule has 7 nitrogen and oxygen atoms in total. The fourth-order valence-electron chi connectivity index (χ4n) is 6.79. The van der Waals surface area contributed by atoms with Crippen LogP contribution < -0.4 is 4.87 Å². The van der Waals surface area contributed by atoms with E-state index in [4.69, 9.17) is 0 Å². The van der Waals surface area contributed by atoms with Crippen LogP contribution in [0.1, 0.15) is 35.9 Å². The van der Waals surface area contributed by atoms with Crippen molar-refractivity contribution >= 4 is 52.2 Å². The predicted octanol–water partition coefficient (Wildman–Crippen LogP) is 3.08. The highest BCUT2D eigenvalue weighted by atomic mass is 32.2. The number of carbonyl (C=O) groups excluding carboxylic acids is 2. The summed E-state index contributed by atoms with van der Waals surface area (Å²) in [5, 5.41) is 12.8. The van der Waals surface area contributed by atoms with Gasteiger partial charge in [0.05, 0.1) is 16.9 Å². The molecular weight excluding hydrogens is 468 g/mol. The molecule has 10 heteroatoms. The molecule has 2 bridgehead atoms. The molecule has 6 rings (SSSR count). The number of carboxylic acids is 1.